The molecule has 0 saturated heterocycles. The van der Waals surface area contributed by atoms with Gasteiger partial charge in [0, 0.05) is 16.1 Å². The molecule has 0 aliphatic heterocycles. The second-order valence-electron chi connectivity index (χ2n) is 5.02. The largest absolute Gasteiger partial charge is 0.394 e. The summed E-state index contributed by atoms with van der Waals surface area (Å²) >= 11 is 11.8. The number of aliphatic hydroxyl groups excluding tert-OH is 1. The van der Waals surface area contributed by atoms with E-state index in [-0.39, 0.29) is 18.6 Å². The molecule has 1 atom stereocenters. The number of amides is 1. The number of nitrogens with one attached hydrogen (secondary N) is 1. The molecule has 20 heavy (non-hydrogen) atoms. The van der Waals surface area contributed by atoms with Crippen LogP contribution in [0.1, 0.15) is 25.8 Å². The van der Waals surface area contributed by atoms with Crippen LogP contribution in [-0.4, -0.2) is 23.7 Å². The molecule has 0 aromatic heterocycles. The fraction of sp³-hybridized carbons (Fsp3) is 0.400. The Labute approximate surface area is 129 Å². The molecule has 0 bridgehead atoms. The van der Waals surface area contributed by atoms with Crippen molar-refractivity contribution >= 4 is 35.2 Å². The minimum atomic E-state index is -0.254. The molecule has 0 radical (unpaired) electrons. The van der Waals surface area contributed by atoms with E-state index < -0.39 is 0 Å². The molecule has 0 aliphatic carbocycles. The number of rotatable bonds is 6. The van der Waals surface area contributed by atoms with Crippen LogP contribution < -0.4 is 5.32 Å². The average Bonchev–Trinajstić information content (AvgIpc) is 2.36. The smallest absolute Gasteiger partial charge is 0.244 e. The Morgan fingerprint density at radius 3 is 2.65 bits per heavy atom. The molecule has 0 fully saturated rings. The Balaban J connectivity index is 2.62. The number of carbonyl (C=O) groups is 1. The van der Waals surface area contributed by atoms with Gasteiger partial charge in [0.15, 0.2) is 0 Å². The zero-order chi connectivity index (χ0) is 15.1. The van der Waals surface area contributed by atoms with E-state index in [0.717, 1.165) is 12.0 Å². The van der Waals surface area contributed by atoms with Crippen LogP contribution >= 0.6 is 23.2 Å². The van der Waals surface area contributed by atoms with Crippen LogP contribution in [0.3, 0.4) is 0 Å². The van der Waals surface area contributed by atoms with Crippen LogP contribution in [0, 0.1) is 5.92 Å². The monoisotopic (exact) mass is 315 g/mol. The number of hydrogen-bond acceptors (Lipinski definition) is 2. The van der Waals surface area contributed by atoms with Gasteiger partial charge in [-0.15, -0.1) is 0 Å². The normalized spacial score (nSPS) is 12.9. The molecule has 1 amide bonds. The highest BCUT2D eigenvalue weighted by Crippen LogP contribution is 2.21. The van der Waals surface area contributed by atoms with Crippen molar-refractivity contribution in [2.45, 2.75) is 26.3 Å². The summed E-state index contributed by atoms with van der Waals surface area (Å²) < 4.78 is 0. The first-order valence-electron chi connectivity index (χ1n) is 6.47. The fourth-order valence-corrected chi connectivity index (χ4v) is 2.27. The predicted molar refractivity (Wildman–Crippen MR) is 84.0 cm³/mol. The maximum atomic E-state index is 11.8. The Morgan fingerprint density at radius 1 is 1.40 bits per heavy atom. The summed E-state index contributed by atoms with van der Waals surface area (Å²) in [4.78, 5) is 11.8. The molecule has 1 unspecified atom stereocenters. The minimum Gasteiger partial charge on any atom is -0.394 e. The third-order valence-electron chi connectivity index (χ3n) is 2.70. The summed E-state index contributed by atoms with van der Waals surface area (Å²) in [7, 11) is 0. The number of halogens is 2. The number of carbonyl (C=O) groups excluding carboxylic acids is 1. The lowest BCUT2D eigenvalue weighted by molar-refractivity contribution is -0.117. The third-order valence-corrected chi connectivity index (χ3v) is 3.26. The van der Waals surface area contributed by atoms with Crippen molar-refractivity contribution < 1.29 is 9.90 Å². The van der Waals surface area contributed by atoms with Gasteiger partial charge in [-0.2, -0.15) is 0 Å². The number of aliphatic hydroxyl groups is 1. The molecule has 0 aliphatic rings. The van der Waals surface area contributed by atoms with Crippen LogP contribution in [-0.2, 0) is 4.79 Å². The standard InChI is InChI=1S/C15H19Cl2NO2/c1-10(2)7-13(9-19)18-15(20)6-4-11-3-5-12(16)8-14(11)17/h3-6,8,10,13,19H,7,9H2,1-2H3,(H,18,20)/b6-4+. The van der Waals surface area contributed by atoms with E-state index in [1.165, 1.54) is 6.08 Å². The van der Waals surface area contributed by atoms with E-state index in [2.05, 4.69) is 5.32 Å². The highest BCUT2D eigenvalue weighted by molar-refractivity contribution is 6.35. The van der Waals surface area contributed by atoms with Gasteiger partial charge in [-0.3, -0.25) is 4.79 Å². The number of benzene rings is 1. The quantitative estimate of drug-likeness (QED) is 0.789. The van der Waals surface area contributed by atoms with Crippen molar-refractivity contribution in [1.29, 1.82) is 0 Å². The first kappa shape index (κ1) is 17.0. The van der Waals surface area contributed by atoms with Gasteiger partial charge in [-0.25, -0.2) is 0 Å². The first-order valence-corrected chi connectivity index (χ1v) is 7.22. The van der Waals surface area contributed by atoms with Gasteiger partial charge < -0.3 is 10.4 Å². The van der Waals surface area contributed by atoms with Crippen molar-refractivity contribution in [3.05, 3.63) is 39.9 Å². The summed E-state index contributed by atoms with van der Waals surface area (Å²) in [6, 6.07) is 4.84. The van der Waals surface area contributed by atoms with E-state index in [9.17, 15) is 9.90 Å². The molecule has 0 spiro atoms. The molecule has 2 N–H and O–H groups in total. The minimum absolute atomic E-state index is 0.0700. The van der Waals surface area contributed by atoms with Crippen LogP contribution in [0.15, 0.2) is 24.3 Å². The van der Waals surface area contributed by atoms with Gasteiger partial charge in [0.2, 0.25) is 5.91 Å². The van der Waals surface area contributed by atoms with Gasteiger partial charge in [0.25, 0.3) is 0 Å². The van der Waals surface area contributed by atoms with E-state index in [1.54, 1.807) is 24.3 Å². The molecule has 1 aromatic rings. The van der Waals surface area contributed by atoms with Crippen molar-refractivity contribution in [2.75, 3.05) is 6.61 Å². The summed E-state index contributed by atoms with van der Waals surface area (Å²) in [6.45, 7) is 4.01. The highest BCUT2D eigenvalue weighted by atomic mass is 35.5. The van der Waals surface area contributed by atoms with Gasteiger partial charge in [0.05, 0.1) is 12.6 Å². The molecule has 110 valence electrons. The molecule has 3 nitrogen and oxygen atoms in total. The molecular weight excluding hydrogens is 297 g/mol. The van der Waals surface area contributed by atoms with Crippen molar-refractivity contribution in [2.24, 2.45) is 5.92 Å². The van der Waals surface area contributed by atoms with E-state index in [1.807, 2.05) is 13.8 Å². The SMILES string of the molecule is CC(C)CC(CO)NC(=O)/C=C/c1ccc(Cl)cc1Cl. The third kappa shape index (κ3) is 5.95. The Hall–Kier alpha value is -1.03. The molecular formula is C15H19Cl2NO2. The summed E-state index contributed by atoms with van der Waals surface area (Å²) in [5.41, 5.74) is 0.718. The Bertz CT molecular complexity index is 487. The Kier molecular flexibility index (Phi) is 7.06. The summed E-state index contributed by atoms with van der Waals surface area (Å²) in [6.07, 6.45) is 3.76. The average molecular weight is 316 g/mol. The second kappa shape index (κ2) is 8.30. The molecule has 5 heteroatoms. The molecule has 1 aromatic carbocycles. The van der Waals surface area contributed by atoms with E-state index in [4.69, 9.17) is 23.2 Å². The molecule has 0 saturated carbocycles. The lowest BCUT2D eigenvalue weighted by atomic mass is 10.0. The van der Waals surface area contributed by atoms with Gasteiger partial charge >= 0.3 is 0 Å². The van der Waals surface area contributed by atoms with Crippen LogP contribution in [0.2, 0.25) is 10.0 Å². The van der Waals surface area contributed by atoms with Crippen molar-refractivity contribution in [3.63, 3.8) is 0 Å². The topological polar surface area (TPSA) is 49.3 Å². The summed E-state index contributed by atoms with van der Waals surface area (Å²) in [5.74, 6) is 0.151. The van der Waals surface area contributed by atoms with Crippen molar-refractivity contribution in [3.8, 4) is 0 Å². The van der Waals surface area contributed by atoms with Gasteiger partial charge in [-0.05, 0) is 36.1 Å². The van der Waals surface area contributed by atoms with E-state index >= 15 is 0 Å². The Morgan fingerprint density at radius 2 is 2.10 bits per heavy atom. The fourth-order valence-electron chi connectivity index (χ4n) is 1.80. The van der Waals surface area contributed by atoms with Crippen LogP contribution in [0.4, 0.5) is 0 Å². The molecule has 0 heterocycles. The maximum absolute atomic E-state index is 11.8. The lowest BCUT2D eigenvalue weighted by Crippen LogP contribution is -2.37. The maximum Gasteiger partial charge on any atom is 0.244 e. The second-order valence-corrected chi connectivity index (χ2v) is 5.86. The van der Waals surface area contributed by atoms with E-state index in [0.29, 0.717) is 16.0 Å². The van der Waals surface area contributed by atoms with Crippen LogP contribution in [0.25, 0.3) is 6.08 Å². The summed E-state index contributed by atoms with van der Waals surface area (Å²) in [5, 5.41) is 13.0. The van der Waals surface area contributed by atoms with Crippen molar-refractivity contribution in [1.82, 2.24) is 5.32 Å². The molecule has 1 rings (SSSR count). The number of hydrogen-bond donors (Lipinski definition) is 2. The predicted octanol–water partition coefficient (Wildman–Crippen LogP) is 3.53. The zero-order valence-corrected chi connectivity index (χ0v) is 13.1. The van der Waals surface area contributed by atoms with Gasteiger partial charge in [-0.1, -0.05) is 43.1 Å². The zero-order valence-electron chi connectivity index (χ0n) is 11.6. The van der Waals surface area contributed by atoms with Gasteiger partial charge in [0.1, 0.15) is 0 Å². The lowest BCUT2D eigenvalue weighted by Gasteiger charge is -2.17. The van der Waals surface area contributed by atoms with Crippen LogP contribution in [0.5, 0.6) is 0 Å². The first-order chi connectivity index (χ1) is 9.42. The highest BCUT2D eigenvalue weighted by Gasteiger charge is 2.11.